The first-order valence-electron chi connectivity index (χ1n) is 5.52. The average molecular weight is 280 g/mol. The molecule has 9 heteroatoms. The molecule has 2 atom stereocenters. The zero-order chi connectivity index (χ0) is 14.2. The van der Waals surface area contributed by atoms with Gasteiger partial charge in [-0.15, -0.1) is 0 Å². The van der Waals surface area contributed by atoms with E-state index in [0.29, 0.717) is 17.2 Å². The summed E-state index contributed by atoms with van der Waals surface area (Å²) in [4.78, 5) is 24.2. The van der Waals surface area contributed by atoms with Crippen molar-refractivity contribution < 1.29 is 23.0 Å². The third-order valence-corrected chi connectivity index (χ3v) is 2.87. The minimum absolute atomic E-state index is 0.277. The largest absolute Gasteiger partial charge is 0.423 e. The van der Waals surface area contributed by atoms with Crippen molar-refractivity contribution in [1.29, 1.82) is 0 Å². The van der Waals surface area contributed by atoms with Crippen LogP contribution in [0.5, 0.6) is 0 Å². The Balaban J connectivity index is 2.42. The summed E-state index contributed by atoms with van der Waals surface area (Å²) in [6.07, 6.45) is -5.12. The Morgan fingerprint density at radius 1 is 1.42 bits per heavy atom. The van der Waals surface area contributed by atoms with Crippen molar-refractivity contribution >= 4 is 0 Å². The lowest BCUT2D eigenvalue weighted by molar-refractivity contribution is -0.139. The number of hydrogen-bond donors (Lipinski definition) is 2. The van der Waals surface area contributed by atoms with Crippen molar-refractivity contribution in [3.8, 4) is 0 Å². The third kappa shape index (κ3) is 2.71. The molecule has 2 heterocycles. The molecule has 0 spiro atoms. The fraction of sp³-hybridized carbons (Fsp3) is 0.600. The van der Waals surface area contributed by atoms with E-state index in [1.807, 2.05) is 0 Å². The number of nitrogens with one attached hydrogen (secondary N) is 1. The van der Waals surface area contributed by atoms with Gasteiger partial charge in [0, 0.05) is 6.20 Å². The summed E-state index contributed by atoms with van der Waals surface area (Å²) >= 11 is 0. The maximum absolute atomic E-state index is 12.6. The SMILES string of the molecule is O=c1[nH]c(=O)n([C@H]2CC[C@@H](CO)O2)cc1C(F)(F)F. The number of aliphatic hydroxyl groups is 1. The highest BCUT2D eigenvalue weighted by molar-refractivity contribution is 5.09. The Hall–Kier alpha value is -1.61. The molecule has 106 valence electrons. The summed E-state index contributed by atoms with van der Waals surface area (Å²) in [5.41, 5.74) is -3.91. The molecule has 0 aromatic carbocycles. The summed E-state index contributed by atoms with van der Waals surface area (Å²) in [5, 5.41) is 8.88. The Bertz CT molecular complexity index is 577. The fourth-order valence-corrected chi connectivity index (χ4v) is 1.93. The van der Waals surface area contributed by atoms with Gasteiger partial charge in [-0.2, -0.15) is 13.2 Å². The number of rotatable bonds is 2. The second kappa shape index (κ2) is 4.82. The van der Waals surface area contributed by atoms with Crippen LogP contribution in [-0.2, 0) is 10.9 Å². The lowest BCUT2D eigenvalue weighted by Gasteiger charge is -2.16. The van der Waals surface area contributed by atoms with Crippen molar-refractivity contribution in [3.05, 3.63) is 32.6 Å². The molecule has 0 saturated carbocycles. The van der Waals surface area contributed by atoms with Gasteiger partial charge in [0.25, 0.3) is 5.56 Å². The van der Waals surface area contributed by atoms with Gasteiger partial charge < -0.3 is 9.84 Å². The lowest BCUT2D eigenvalue weighted by Crippen LogP contribution is -2.36. The molecule has 6 nitrogen and oxygen atoms in total. The van der Waals surface area contributed by atoms with E-state index in [1.165, 1.54) is 0 Å². The van der Waals surface area contributed by atoms with E-state index in [4.69, 9.17) is 9.84 Å². The fourth-order valence-electron chi connectivity index (χ4n) is 1.93. The molecule has 1 fully saturated rings. The van der Waals surface area contributed by atoms with Crippen LogP contribution in [0.4, 0.5) is 13.2 Å². The van der Waals surface area contributed by atoms with E-state index in [2.05, 4.69) is 0 Å². The van der Waals surface area contributed by atoms with Crippen molar-refractivity contribution in [1.82, 2.24) is 9.55 Å². The van der Waals surface area contributed by atoms with Gasteiger partial charge in [-0.25, -0.2) is 4.79 Å². The zero-order valence-corrected chi connectivity index (χ0v) is 9.61. The zero-order valence-electron chi connectivity index (χ0n) is 9.61. The van der Waals surface area contributed by atoms with Crippen LogP contribution in [-0.4, -0.2) is 27.4 Å². The number of aliphatic hydroxyl groups excluding tert-OH is 1. The molecular weight excluding hydrogens is 269 g/mol. The topological polar surface area (TPSA) is 84.3 Å². The molecule has 0 bridgehead atoms. The first kappa shape index (κ1) is 13.8. The molecule has 1 aliphatic rings. The summed E-state index contributed by atoms with van der Waals surface area (Å²) in [6.45, 7) is -0.277. The van der Waals surface area contributed by atoms with Crippen LogP contribution < -0.4 is 11.2 Å². The smallest absolute Gasteiger partial charge is 0.394 e. The van der Waals surface area contributed by atoms with Crippen molar-refractivity contribution in [2.45, 2.75) is 31.3 Å². The molecule has 1 aromatic rings. The summed E-state index contributed by atoms with van der Waals surface area (Å²) in [6, 6.07) is 0. The molecule has 0 amide bonds. The monoisotopic (exact) mass is 280 g/mol. The highest BCUT2D eigenvalue weighted by Gasteiger charge is 2.36. The molecule has 2 N–H and O–H groups in total. The van der Waals surface area contributed by atoms with Gasteiger partial charge in [-0.3, -0.25) is 14.3 Å². The van der Waals surface area contributed by atoms with Crippen LogP contribution in [0.3, 0.4) is 0 Å². The van der Waals surface area contributed by atoms with Crippen LogP contribution in [0.25, 0.3) is 0 Å². The minimum Gasteiger partial charge on any atom is -0.394 e. The van der Waals surface area contributed by atoms with E-state index in [0.717, 1.165) is 0 Å². The van der Waals surface area contributed by atoms with E-state index >= 15 is 0 Å². The first-order valence-corrected chi connectivity index (χ1v) is 5.52. The Labute approximate surface area is 104 Å². The second-order valence-electron chi connectivity index (χ2n) is 4.18. The van der Waals surface area contributed by atoms with Gasteiger partial charge in [0.15, 0.2) is 0 Å². The maximum Gasteiger partial charge on any atom is 0.423 e. The molecule has 2 rings (SSSR count). The van der Waals surface area contributed by atoms with Crippen molar-refractivity contribution in [2.75, 3.05) is 6.61 Å². The predicted molar refractivity (Wildman–Crippen MR) is 56.6 cm³/mol. The molecule has 0 radical (unpaired) electrons. The molecule has 1 saturated heterocycles. The normalized spacial score (nSPS) is 23.8. The molecular formula is C10H11F3N2O4. The van der Waals surface area contributed by atoms with Gasteiger partial charge in [0.05, 0.1) is 12.7 Å². The molecule has 19 heavy (non-hydrogen) atoms. The number of nitrogens with zero attached hydrogens (tertiary/aromatic N) is 1. The predicted octanol–water partition coefficient (Wildman–Crippen LogP) is 0.225. The molecule has 1 aliphatic heterocycles. The Kier molecular flexibility index (Phi) is 3.50. The first-order chi connectivity index (χ1) is 8.82. The second-order valence-corrected chi connectivity index (χ2v) is 4.18. The lowest BCUT2D eigenvalue weighted by atomic mass is 10.2. The van der Waals surface area contributed by atoms with Crippen molar-refractivity contribution in [2.24, 2.45) is 0 Å². The van der Waals surface area contributed by atoms with E-state index in [1.54, 1.807) is 4.98 Å². The van der Waals surface area contributed by atoms with Crippen LogP contribution in [0.1, 0.15) is 24.6 Å². The standard InChI is InChI=1S/C10H11F3N2O4/c11-10(12,13)6-3-15(9(18)14-8(6)17)7-2-1-5(4-16)19-7/h3,5,7,16H,1-2,4H2,(H,14,17,18)/t5-,7+/m0/s1. The number of H-pyrrole nitrogens is 1. The van der Waals surface area contributed by atoms with Crippen LogP contribution in [0.15, 0.2) is 15.8 Å². The quantitative estimate of drug-likeness (QED) is 0.812. The summed E-state index contributed by atoms with van der Waals surface area (Å²) in [7, 11) is 0. The molecule has 1 aromatic heterocycles. The van der Waals surface area contributed by atoms with Crippen LogP contribution >= 0.6 is 0 Å². The van der Waals surface area contributed by atoms with Gasteiger partial charge in [-0.05, 0) is 12.8 Å². The van der Waals surface area contributed by atoms with Crippen LogP contribution in [0, 0.1) is 0 Å². The summed E-state index contributed by atoms with van der Waals surface area (Å²) in [5.74, 6) is 0. The van der Waals surface area contributed by atoms with E-state index < -0.39 is 35.3 Å². The highest BCUT2D eigenvalue weighted by atomic mass is 19.4. The Morgan fingerprint density at radius 3 is 2.63 bits per heavy atom. The third-order valence-electron chi connectivity index (χ3n) is 2.87. The number of ether oxygens (including phenoxy) is 1. The Morgan fingerprint density at radius 2 is 2.11 bits per heavy atom. The molecule has 0 aliphatic carbocycles. The average Bonchev–Trinajstić information content (AvgIpc) is 2.75. The van der Waals surface area contributed by atoms with Crippen molar-refractivity contribution in [3.63, 3.8) is 0 Å². The van der Waals surface area contributed by atoms with Gasteiger partial charge in [-0.1, -0.05) is 0 Å². The van der Waals surface area contributed by atoms with Crippen LogP contribution in [0.2, 0.25) is 0 Å². The van der Waals surface area contributed by atoms with E-state index in [9.17, 15) is 22.8 Å². The highest BCUT2D eigenvalue weighted by Crippen LogP contribution is 2.29. The summed E-state index contributed by atoms with van der Waals surface area (Å²) < 4.78 is 43.6. The minimum atomic E-state index is -4.85. The number of hydrogen-bond acceptors (Lipinski definition) is 4. The van der Waals surface area contributed by atoms with Gasteiger partial charge in [0.2, 0.25) is 0 Å². The number of aromatic nitrogens is 2. The maximum atomic E-state index is 12.6. The molecule has 0 unspecified atom stereocenters. The van der Waals surface area contributed by atoms with Gasteiger partial charge >= 0.3 is 11.9 Å². The number of aromatic amines is 1. The van der Waals surface area contributed by atoms with Gasteiger partial charge in [0.1, 0.15) is 11.8 Å². The van der Waals surface area contributed by atoms with E-state index in [-0.39, 0.29) is 13.0 Å². The number of alkyl halides is 3. The number of halogens is 3.